The minimum atomic E-state index is -3.09. The molecule has 0 unspecified atom stereocenters. The molecule has 6 heteroatoms. The Morgan fingerprint density at radius 2 is 1.55 bits per heavy atom. The maximum Gasteiger partial charge on any atom is 0.488 e. The molecule has 0 radical (unpaired) electrons. The normalized spacial score (nSPS) is 11.2. The number of halogens is 2. The monoisotopic (exact) mass is 278 g/mol. The van der Waals surface area contributed by atoms with Crippen LogP contribution in [-0.4, -0.2) is 23.8 Å². The summed E-state index contributed by atoms with van der Waals surface area (Å²) in [6, 6.07) is 13.1. The predicted molar refractivity (Wildman–Crippen MR) is 72.1 cm³/mol. The molecule has 2 aromatic rings. The van der Waals surface area contributed by atoms with Gasteiger partial charge in [-0.3, -0.25) is 0 Å². The molecular weight excluding hydrogens is 265 g/mol. The van der Waals surface area contributed by atoms with E-state index in [4.69, 9.17) is 14.8 Å². The van der Waals surface area contributed by atoms with E-state index in [-0.39, 0.29) is 16.8 Å². The van der Waals surface area contributed by atoms with Gasteiger partial charge in [-0.05, 0) is 17.6 Å². The van der Waals surface area contributed by atoms with Gasteiger partial charge < -0.3 is 14.8 Å². The van der Waals surface area contributed by atoms with Crippen LogP contribution in [0.2, 0.25) is 0 Å². The Balaban J connectivity index is 2.01. The standard InChI is InChI=1S/C14H13BF2O3/c16-14(17,11-4-2-1-3-5-11)10-20-13-8-6-12(7-9-13)15(18)19/h1-9,18-19H,10H2. The number of hydrogen-bond acceptors (Lipinski definition) is 3. The number of ether oxygens (including phenoxy) is 1. The van der Waals surface area contributed by atoms with Gasteiger partial charge in [-0.2, -0.15) is 8.78 Å². The van der Waals surface area contributed by atoms with Crippen molar-refractivity contribution in [3.05, 3.63) is 60.2 Å². The molecule has 0 heterocycles. The molecule has 0 spiro atoms. The van der Waals surface area contributed by atoms with E-state index in [0.717, 1.165) is 0 Å². The highest BCUT2D eigenvalue weighted by atomic mass is 19.3. The summed E-state index contributed by atoms with van der Waals surface area (Å²) in [5.74, 6) is -2.85. The lowest BCUT2D eigenvalue weighted by atomic mass is 9.80. The Morgan fingerprint density at radius 1 is 0.950 bits per heavy atom. The van der Waals surface area contributed by atoms with Gasteiger partial charge in [0.1, 0.15) is 5.75 Å². The quantitative estimate of drug-likeness (QED) is 0.816. The van der Waals surface area contributed by atoms with Crippen LogP contribution in [0.3, 0.4) is 0 Å². The van der Waals surface area contributed by atoms with E-state index in [0.29, 0.717) is 0 Å². The summed E-state index contributed by atoms with van der Waals surface area (Å²) in [6.45, 7) is -0.780. The molecule has 104 valence electrons. The second kappa shape index (κ2) is 6.03. The van der Waals surface area contributed by atoms with Crippen molar-refractivity contribution in [3.8, 4) is 5.75 Å². The van der Waals surface area contributed by atoms with Gasteiger partial charge in [-0.1, -0.05) is 42.5 Å². The molecule has 0 aliphatic carbocycles. The Bertz CT molecular complexity index is 544. The molecule has 0 saturated heterocycles. The molecule has 0 aliphatic heterocycles. The van der Waals surface area contributed by atoms with Crippen LogP contribution < -0.4 is 10.2 Å². The molecule has 0 atom stereocenters. The van der Waals surface area contributed by atoms with E-state index in [1.54, 1.807) is 18.2 Å². The van der Waals surface area contributed by atoms with Crippen molar-refractivity contribution in [2.45, 2.75) is 5.92 Å². The molecule has 0 aliphatic rings. The van der Waals surface area contributed by atoms with Gasteiger partial charge in [0.15, 0.2) is 6.61 Å². The number of alkyl halides is 2. The minimum absolute atomic E-state index is 0.109. The molecule has 2 aromatic carbocycles. The zero-order valence-corrected chi connectivity index (χ0v) is 10.5. The minimum Gasteiger partial charge on any atom is -0.487 e. The summed E-state index contributed by atoms with van der Waals surface area (Å²) in [5.41, 5.74) is 0.162. The number of benzene rings is 2. The summed E-state index contributed by atoms with van der Waals surface area (Å²) in [6.07, 6.45) is 0. The molecule has 20 heavy (non-hydrogen) atoms. The van der Waals surface area contributed by atoms with E-state index in [1.807, 2.05) is 0 Å². The molecule has 0 saturated carbocycles. The average Bonchev–Trinajstić information content (AvgIpc) is 2.46. The summed E-state index contributed by atoms with van der Waals surface area (Å²) in [7, 11) is -1.59. The van der Waals surface area contributed by atoms with Crippen LogP contribution in [0.15, 0.2) is 54.6 Å². The van der Waals surface area contributed by atoms with Crippen molar-refractivity contribution in [1.29, 1.82) is 0 Å². The Hall–Kier alpha value is -1.92. The van der Waals surface area contributed by atoms with Crippen molar-refractivity contribution in [1.82, 2.24) is 0 Å². The second-order valence-corrected chi connectivity index (χ2v) is 4.30. The number of rotatable bonds is 5. The fourth-order valence-electron chi connectivity index (χ4n) is 1.68. The SMILES string of the molecule is OB(O)c1ccc(OCC(F)(F)c2ccccc2)cc1. The van der Waals surface area contributed by atoms with E-state index < -0.39 is 19.6 Å². The second-order valence-electron chi connectivity index (χ2n) is 4.30. The van der Waals surface area contributed by atoms with Gasteiger partial charge in [0.2, 0.25) is 0 Å². The average molecular weight is 278 g/mol. The molecule has 2 N–H and O–H groups in total. The van der Waals surface area contributed by atoms with Crippen molar-refractivity contribution in [2.75, 3.05) is 6.61 Å². The zero-order chi connectivity index (χ0) is 14.6. The lowest BCUT2D eigenvalue weighted by Gasteiger charge is -2.17. The maximum absolute atomic E-state index is 13.8. The highest BCUT2D eigenvalue weighted by Crippen LogP contribution is 2.28. The summed E-state index contributed by atoms with van der Waals surface area (Å²) >= 11 is 0. The summed E-state index contributed by atoms with van der Waals surface area (Å²) < 4.78 is 32.7. The highest BCUT2D eigenvalue weighted by molar-refractivity contribution is 6.58. The van der Waals surface area contributed by atoms with Crippen molar-refractivity contribution in [3.63, 3.8) is 0 Å². The third-order valence-electron chi connectivity index (χ3n) is 2.79. The van der Waals surface area contributed by atoms with Crippen LogP contribution in [0.1, 0.15) is 5.56 Å². The lowest BCUT2D eigenvalue weighted by molar-refractivity contribution is -0.0467. The first kappa shape index (κ1) is 14.5. The lowest BCUT2D eigenvalue weighted by Crippen LogP contribution is -2.29. The van der Waals surface area contributed by atoms with Gasteiger partial charge in [0.05, 0.1) is 0 Å². The first-order chi connectivity index (χ1) is 9.49. The van der Waals surface area contributed by atoms with E-state index >= 15 is 0 Å². The van der Waals surface area contributed by atoms with Crippen LogP contribution in [0.4, 0.5) is 8.78 Å². The summed E-state index contributed by atoms with van der Waals surface area (Å²) in [5, 5.41) is 17.8. The topological polar surface area (TPSA) is 49.7 Å². The molecule has 2 rings (SSSR count). The molecule has 0 aromatic heterocycles. The first-order valence-corrected chi connectivity index (χ1v) is 6.01. The van der Waals surface area contributed by atoms with Crippen LogP contribution in [-0.2, 0) is 5.92 Å². The summed E-state index contributed by atoms with van der Waals surface area (Å²) in [4.78, 5) is 0. The van der Waals surface area contributed by atoms with Crippen LogP contribution in [0, 0.1) is 0 Å². The van der Waals surface area contributed by atoms with Gasteiger partial charge >= 0.3 is 13.0 Å². The highest BCUT2D eigenvalue weighted by Gasteiger charge is 2.32. The van der Waals surface area contributed by atoms with Crippen molar-refractivity contribution >= 4 is 12.6 Å². The van der Waals surface area contributed by atoms with Crippen molar-refractivity contribution < 1.29 is 23.6 Å². The Kier molecular flexibility index (Phi) is 4.37. The maximum atomic E-state index is 13.8. The molecule has 3 nitrogen and oxygen atoms in total. The van der Waals surface area contributed by atoms with Crippen molar-refractivity contribution in [2.24, 2.45) is 0 Å². The Labute approximate surface area is 115 Å². The van der Waals surface area contributed by atoms with E-state index in [1.165, 1.54) is 36.4 Å². The van der Waals surface area contributed by atoms with E-state index in [2.05, 4.69) is 0 Å². The fourth-order valence-corrected chi connectivity index (χ4v) is 1.68. The number of hydrogen-bond donors (Lipinski definition) is 2. The first-order valence-electron chi connectivity index (χ1n) is 6.01. The van der Waals surface area contributed by atoms with Gasteiger partial charge in [-0.25, -0.2) is 0 Å². The zero-order valence-electron chi connectivity index (χ0n) is 10.5. The van der Waals surface area contributed by atoms with Gasteiger partial charge in [0.25, 0.3) is 0 Å². The molecular formula is C14H13BF2O3. The van der Waals surface area contributed by atoms with Crippen LogP contribution in [0.25, 0.3) is 0 Å². The largest absolute Gasteiger partial charge is 0.488 e. The fraction of sp³-hybridized carbons (Fsp3) is 0.143. The molecule has 0 amide bonds. The third-order valence-corrected chi connectivity index (χ3v) is 2.79. The Morgan fingerprint density at radius 3 is 2.10 bits per heavy atom. The van der Waals surface area contributed by atoms with Gasteiger partial charge in [-0.15, -0.1) is 0 Å². The van der Waals surface area contributed by atoms with Crippen LogP contribution in [0.5, 0.6) is 5.75 Å². The van der Waals surface area contributed by atoms with E-state index in [9.17, 15) is 8.78 Å². The van der Waals surface area contributed by atoms with Gasteiger partial charge in [0, 0.05) is 5.56 Å². The molecule has 0 bridgehead atoms. The smallest absolute Gasteiger partial charge is 0.487 e. The third kappa shape index (κ3) is 3.56. The van der Waals surface area contributed by atoms with Crippen LogP contribution >= 0.6 is 0 Å². The molecule has 0 fully saturated rings. The predicted octanol–water partition coefficient (Wildman–Crippen LogP) is 1.54.